The van der Waals surface area contributed by atoms with Crippen LogP contribution in [0, 0.1) is 5.92 Å². The maximum Gasteiger partial charge on any atom is 0.326 e. The summed E-state index contributed by atoms with van der Waals surface area (Å²) in [5.74, 6) is -1.56. The van der Waals surface area contributed by atoms with Crippen LogP contribution < -0.4 is 10.6 Å². The smallest absolute Gasteiger partial charge is 0.326 e. The van der Waals surface area contributed by atoms with E-state index in [1.54, 1.807) is 6.92 Å². The van der Waals surface area contributed by atoms with Crippen LogP contribution in [0.5, 0.6) is 0 Å². The van der Waals surface area contributed by atoms with E-state index in [-0.39, 0.29) is 31.3 Å². The predicted molar refractivity (Wildman–Crippen MR) is 120 cm³/mol. The van der Waals surface area contributed by atoms with E-state index in [0.29, 0.717) is 12.3 Å². The van der Waals surface area contributed by atoms with Crippen LogP contribution in [0.15, 0.2) is 24.3 Å². The maximum atomic E-state index is 13.2. The summed E-state index contributed by atoms with van der Waals surface area (Å²) in [5, 5.41) is 25.6. The third-order valence-corrected chi connectivity index (χ3v) is 6.72. The SMILES string of the molecule is C[C@H](N[C@@H](CCCC1CCNCC1)CC(=O)O)C(=O)N1Cc2ccccc2C[C@H]1C(=O)O. The first-order valence-electron chi connectivity index (χ1n) is 11.6. The predicted octanol–water partition coefficient (Wildman–Crippen LogP) is 2.02. The monoisotopic (exact) mass is 445 g/mol. The molecule has 1 aromatic carbocycles. The van der Waals surface area contributed by atoms with Crippen molar-refractivity contribution in [3.63, 3.8) is 0 Å². The van der Waals surface area contributed by atoms with Crippen molar-refractivity contribution < 1.29 is 24.6 Å². The highest BCUT2D eigenvalue weighted by Crippen LogP contribution is 2.25. The van der Waals surface area contributed by atoms with E-state index in [0.717, 1.165) is 49.9 Å². The highest BCUT2D eigenvalue weighted by molar-refractivity contribution is 5.87. The Kier molecular flexibility index (Phi) is 8.64. The zero-order valence-corrected chi connectivity index (χ0v) is 18.8. The standard InChI is InChI=1S/C24H35N3O5/c1-16(26-20(14-22(28)29)8-4-5-17-9-11-25-12-10-17)23(30)27-15-19-7-3-2-6-18(19)13-21(27)24(31)32/h2-3,6-7,16-17,20-21,25-26H,4-5,8-15H2,1H3,(H,28,29)(H,31,32)/t16-,20-,21-/m0/s1. The Bertz CT molecular complexity index is 809. The van der Waals surface area contributed by atoms with Gasteiger partial charge in [0.15, 0.2) is 0 Å². The van der Waals surface area contributed by atoms with Gasteiger partial charge in [0.1, 0.15) is 6.04 Å². The van der Waals surface area contributed by atoms with Gasteiger partial charge in [-0.05, 0) is 56.3 Å². The third kappa shape index (κ3) is 6.53. The van der Waals surface area contributed by atoms with E-state index < -0.39 is 24.0 Å². The van der Waals surface area contributed by atoms with Gasteiger partial charge in [-0.2, -0.15) is 0 Å². The number of nitrogens with one attached hydrogen (secondary N) is 2. The maximum absolute atomic E-state index is 13.2. The number of carbonyl (C=O) groups excluding carboxylic acids is 1. The van der Waals surface area contributed by atoms with E-state index in [9.17, 15) is 24.6 Å². The minimum absolute atomic E-state index is 0.0605. The van der Waals surface area contributed by atoms with Crippen molar-refractivity contribution in [3.8, 4) is 0 Å². The van der Waals surface area contributed by atoms with Crippen LogP contribution >= 0.6 is 0 Å². The van der Waals surface area contributed by atoms with Gasteiger partial charge in [0, 0.05) is 19.0 Å². The molecule has 2 aliphatic heterocycles. The van der Waals surface area contributed by atoms with Gasteiger partial charge in [-0.25, -0.2) is 4.79 Å². The molecule has 3 atom stereocenters. The van der Waals surface area contributed by atoms with Gasteiger partial charge in [0.05, 0.1) is 12.5 Å². The molecule has 8 heteroatoms. The number of nitrogens with zero attached hydrogens (tertiary/aromatic N) is 1. The van der Waals surface area contributed by atoms with Crippen molar-refractivity contribution in [1.29, 1.82) is 0 Å². The van der Waals surface area contributed by atoms with Crippen LogP contribution in [0.2, 0.25) is 0 Å². The van der Waals surface area contributed by atoms with Crippen molar-refractivity contribution in [2.45, 2.75) is 76.5 Å². The molecule has 0 spiro atoms. The van der Waals surface area contributed by atoms with Crippen LogP contribution in [0.25, 0.3) is 0 Å². The van der Waals surface area contributed by atoms with Crippen molar-refractivity contribution >= 4 is 17.8 Å². The van der Waals surface area contributed by atoms with Crippen molar-refractivity contribution in [2.24, 2.45) is 5.92 Å². The molecular weight excluding hydrogens is 410 g/mol. The lowest BCUT2D eigenvalue weighted by molar-refractivity contribution is -0.152. The summed E-state index contributed by atoms with van der Waals surface area (Å²) in [7, 11) is 0. The molecule has 0 saturated carbocycles. The minimum Gasteiger partial charge on any atom is -0.481 e. The largest absolute Gasteiger partial charge is 0.481 e. The molecule has 4 N–H and O–H groups in total. The van der Waals surface area contributed by atoms with Crippen molar-refractivity contribution in [2.75, 3.05) is 13.1 Å². The number of hydrogen-bond donors (Lipinski definition) is 4. The Morgan fingerprint density at radius 3 is 2.50 bits per heavy atom. The van der Waals surface area contributed by atoms with Gasteiger partial charge in [0.25, 0.3) is 0 Å². The number of amides is 1. The molecule has 1 aromatic rings. The number of hydrogen-bond acceptors (Lipinski definition) is 5. The fourth-order valence-corrected chi connectivity index (χ4v) is 4.93. The second-order valence-electron chi connectivity index (χ2n) is 9.10. The average molecular weight is 446 g/mol. The Balaban J connectivity index is 1.61. The van der Waals surface area contributed by atoms with Crippen LogP contribution in [0.4, 0.5) is 0 Å². The summed E-state index contributed by atoms with van der Waals surface area (Å²) in [5.41, 5.74) is 1.90. The quantitative estimate of drug-likeness (QED) is 0.435. The van der Waals surface area contributed by atoms with Gasteiger partial charge in [0.2, 0.25) is 5.91 Å². The van der Waals surface area contributed by atoms with Crippen molar-refractivity contribution in [1.82, 2.24) is 15.5 Å². The number of benzene rings is 1. The molecule has 8 nitrogen and oxygen atoms in total. The first-order valence-corrected chi connectivity index (χ1v) is 11.6. The number of carboxylic acids is 2. The number of carboxylic acid groups (broad SMARTS) is 2. The zero-order chi connectivity index (χ0) is 23.1. The van der Waals surface area contributed by atoms with Gasteiger partial charge in [-0.1, -0.05) is 37.1 Å². The summed E-state index contributed by atoms with van der Waals surface area (Å²) in [6, 6.07) is 5.67. The first-order chi connectivity index (χ1) is 15.3. The first kappa shape index (κ1) is 24.2. The molecule has 0 bridgehead atoms. The van der Waals surface area contributed by atoms with Crippen molar-refractivity contribution in [3.05, 3.63) is 35.4 Å². The number of fused-ring (bicyclic) bond motifs is 1. The summed E-state index contributed by atoms with van der Waals surface area (Å²) in [4.78, 5) is 37.9. The van der Waals surface area contributed by atoms with Crippen LogP contribution in [0.3, 0.4) is 0 Å². The normalized spacial score (nSPS) is 20.9. The molecule has 176 valence electrons. The highest BCUT2D eigenvalue weighted by Gasteiger charge is 2.36. The van der Waals surface area contributed by atoms with Gasteiger partial charge >= 0.3 is 11.9 Å². The molecular formula is C24H35N3O5. The third-order valence-electron chi connectivity index (χ3n) is 6.72. The van der Waals surface area contributed by atoms with Gasteiger partial charge < -0.3 is 25.7 Å². The summed E-state index contributed by atoms with van der Waals surface area (Å²) < 4.78 is 0. The molecule has 0 unspecified atom stereocenters. The van der Waals surface area contributed by atoms with Crippen LogP contribution in [0.1, 0.15) is 56.6 Å². The van der Waals surface area contributed by atoms with E-state index in [2.05, 4.69) is 10.6 Å². The summed E-state index contributed by atoms with van der Waals surface area (Å²) in [6.45, 7) is 4.02. The second-order valence-corrected chi connectivity index (χ2v) is 9.10. The topological polar surface area (TPSA) is 119 Å². The number of rotatable bonds is 10. The van der Waals surface area contributed by atoms with Crippen LogP contribution in [-0.4, -0.2) is 64.2 Å². The Hall–Kier alpha value is -2.45. The summed E-state index contributed by atoms with van der Waals surface area (Å²) >= 11 is 0. The highest BCUT2D eigenvalue weighted by atomic mass is 16.4. The molecule has 2 heterocycles. The lowest BCUT2D eigenvalue weighted by Crippen LogP contribution is -2.55. The van der Waals surface area contributed by atoms with Gasteiger partial charge in [-0.15, -0.1) is 0 Å². The Morgan fingerprint density at radius 1 is 1.16 bits per heavy atom. The minimum atomic E-state index is -1.02. The second kappa shape index (κ2) is 11.4. The van der Waals surface area contributed by atoms with Crippen LogP contribution in [-0.2, 0) is 27.3 Å². The molecule has 0 radical (unpaired) electrons. The molecule has 32 heavy (non-hydrogen) atoms. The number of aliphatic carboxylic acids is 2. The number of piperidine rings is 1. The molecule has 0 aromatic heterocycles. The van der Waals surface area contributed by atoms with Gasteiger partial charge in [-0.3, -0.25) is 9.59 Å². The zero-order valence-electron chi connectivity index (χ0n) is 18.8. The van der Waals surface area contributed by atoms with E-state index in [1.807, 2.05) is 24.3 Å². The molecule has 3 rings (SSSR count). The number of carbonyl (C=O) groups is 3. The molecule has 0 aliphatic carbocycles. The Labute approximate surface area is 189 Å². The molecule has 1 fully saturated rings. The fraction of sp³-hybridized carbons (Fsp3) is 0.625. The average Bonchev–Trinajstić information content (AvgIpc) is 2.77. The summed E-state index contributed by atoms with van der Waals surface area (Å²) in [6.07, 6.45) is 5.17. The van der Waals surface area contributed by atoms with E-state index in [1.165, 1.54) is 4.90 Å². The van der Waals surface area contributed by atoms with E-state index >= 15 is 0 Å². The lowest BCUT2D eigenvalue weighted by Gasteiger charge is -2.36. The molecule has 1 saturated heterocycles. The Morgan fingerprint density at radius 2 is 1.84 bits per heavy atom. The lowest BCUT2D eigenvalue weighted by atomic mass is 9.91. The molecule has 1 amide bonds. The van der Waals surface area contributed by atoms with E-state index in [4.69, 9.17) is 0 Å². The molecule has 2 aliphatic rings. The fourth-order valence-electron chi connectivity index (χ4n) is 4.93.